The van der Waals surface area contributed by atoms with Crippen LogP contribution < -0.4 is 16.4 Å². The average molecular weight is 127 g/mol. The minimum absolute atomic E-state index is 0.257. The van der Waals surface area contributed by atoms with Crippen LogP contribution in [0.2, 0.25) is 0 Å². The Labute approximate surface area is 55.0 Å². The van der Waals surface area contributed by atoms with Crippen molar-refractivity contribution in [1.82, 2.24) is 10.6 Å². The van der Waals surface area contributed by atoms with Crippen molar-refractivity contribution in [2.24, 2.45) is 11.1 Å². The topological polar surface area (TPSA) is 50.1 Å². The van der Waals surface area contributed by atoms with Crippen LogP contribution in [0.5, 0.6) is 0 Å². The van der Waals surface area contributed by atoms with Gasteiger partial charge in [0.2, 0.25) is 0 Å². The van der Waals surface area contributed by atoms with Crippen LogP contribution in [-0.2, 0) is 0 Å². The number of hydrogen-bond donors (Lipinski definition) is 3. The summed E-state index contributed by atoms with van der Waals surface area (Å²) in [4.78, 5) is 0. The minimum Gasteiger partial charge on any atom is -0.316 e. The normalized spacial score (nSPS) is 39.0. The van der Waals surface area contributed by atoms with Crippen molar-refractivity contribution < 1.29 is 0 Å². The molecule has 0 radical (unpaired) electrons. The minimum atomic E-state index is 0.257. The lowest BCUT2D eigenvalue weighted by molar-refractivity contribution is 0.192. The summed E-state index contributed by atoms with van der Waals surface area (Å²) < 4.78 is 0. The van der Waals surface area contributed by atoms with Crippen molar-refractivity contribution in [3.05, 3.63) is 0 Å². The Morgan fingerprint density at radius 2 is 2.11 bits per heavy atom. The molecule has 2 rings (SSSR count). The van der Waals surface area contributed by atoms with E-state index in [2.05, 4.69) is 10.6 Å². The van der Waals surface area contributed by atoms with Crippen molar-refractivity contribution >= 4 is 0 Å². The molecule has 2 aliphatic heterocycles. The first-order valence-electron chi connectivity index (χ1n) is 3.51. The first kappa shape index (κ1) is 5.65. The maximum Gasteiger partial charge on any atom is 0.0553 e. The molecular formula is C6H13N3. The molecule has 9 heavy (non-hydrogen) atoms. The zero-order valence-electron chi connectivity index (χ0n) is 5.48. The van der Waals surface area contributed by atoms with E-state index < -0.39 is 0 Å². The standard InChI is InChI=1S/C6H13N3/c7-5-1-6(4-9-5)2-8-3-6/h5,8-9H,1-4,7H2. The van der Waals surface area contributed by atoms with E-state index in [0.717, 1.165) is 26.1 Å². The van der Waals surface area contributed by atoms with Crippen LogP contribution in [0.15, 0.2) is 0 Å². The third-order valence-electron chi connectivity index (χ3n) is 2.39. The van der Waals surface area contributed by atoms with E-state index in [1.165, 1.54) is 0 Å². The van der Waals surface area contributed by atoms with Crippen molar-refractivity contribution in [3.8, 4) is 0 Å². The molecule has 0 aliphatic carbocycles. The summed E-state index contributed by atoms with van der Waals surface area (Å²) in [7, 11) is 0. The summed E-state index contributed by atoms with van der Waals surface area (Å²) >= 11 is 0. The first-order valence-corrected chi connectivity index (χ1v) is 3.51. The van der Waals surface area contributed by atoms with Crippen molar-refractivity contribution in [1.29, 1.82) is 0 Å². The molecule has 3 heteroatoms. The maximum atomic E-state index is 5.68. The third kappa shape index (κ3) is 0.764. The Bertz CT molecular complexity index is 119. The van der Waals surface area contributed by atoms with Crippen LogP contribution in [0.25, 0.3) is 0 Å². The molecule has 0 amide bonds. The van der Waals surface area contributed by atoms with E-state index in [1.54, 1.807) is 0 Å². The van der Waals surface area contributed by atoms with Gasteiger partial charge in [0, 0.05) is 25.0 Å². The van der Waals surface area contributed by atoms with Gasteiger partial charge in [-0.3, -0.25) is 0 Å². The maximum absolute atomic E-state index is 5.68. The molecule has 52 valence electrons. The van der Waals surface area contributed by atoms with Crippen LogP contribution in [0, 0.1) is 5.41 Å². The molecule has 0 bridgehead atoms. The van der Waals surface area contributed by atoms with Gasteiger partial charge in [0.1, 0.15) is 0 Å². The SMILES string of the molecule is NC1CC2(CNC2)CN1. The Balaban J connectivity index is 1.99. The summed E-state index contributed by atoms with van der Waals surface area (Å²) in [5, 5.41) is 6.52. The molecule has 3 nitrogen and oxygen atoms in total. The van der Waals surface area contributed by atoms with Crippen LogP contribution in [0.1, 0.15) is 6.42 Å². The van der Waals surface area contributed by atoms with Gasteiger partial charge in [-0.25, -0.2) is 0 Å². The van der Waals surface area contributed by atoms with Gasteiger partial charge >= 0.3 is 0 Å². The Kier molecular flexibility index (Phi) is 1.06. The van der Waals surface area contributed by atoms with Gasteiger partial charge in [0.25, 0.3) is 0 Å². The monoisotopic (exact) mass is 127 g/mol. The first-order chi connectivity index (χ1) is 4.31. The molecule has 2 saturated heterocycles. The highest BCUT2D eigenvalue weighted by atomic mass is 15.1. The Hall–Kier alpha value is -0.120. The van der Waals surface area contributed by atoms with Crippen LogP contribution in [-0.4, -0.2) is 25.8 Å². The number of hydrogen-bond acceptors (Lipinski definition) is 3. The Morgan fingerprint density at radius 3 is 2.33 bits per heavy atom. The summed E-state index contributed by atoms with van der Waals surface area (Å²) in [5.74, 6) is 0. The average Bonchev–Trinajstić information content (AvgIpc) is 2.09. The fraction of sp³-hybridized carbons (Fsp3) is 1.00. The number of nitrogens with two attached hydrogens (primary N) is 1. The summed E-state index contributed by atoms with van der Waals surface area (Å²) in [6.45, 7) is 3.43. The summed E-state index contributed by atoms with van der Waals surface area (Å²) in [6, 6.07) is 0. The van der Waals surface area contributed by atoms with Gasteiger partial charge in [0.15, 0.2) is 0 Å². The zero-order chi connectivity index (χ0) is 6.32. The molecular weight excluding hydrogens is 114 g/mol. The lowest BCUT2D eigenvalue weighted by atomic mass is 9.81. The van der Waals surface area contributed by atoms with Crippen LogP contribution >= 0.6 is 0 Å². The van der Waals surface area contributed by atoms with E-state index in [9.17, 15) is 0 Å². The van der Waals surface area contributed by atoms with E-state index in [-0.39, 0.29) is 6.17 Å². The molecule has 0 aromatic rings. The van der Waals surface area contributed by atoms with Gasteiger partial charge in [-0.2, -0.15) is 0 Å². The lowest BCUT2D eigenvalue weighted by Crippen LogP contribution is -2.54. The molecule has 2 aliphatic rings. The van der Waals surface area contributed by atoms with Gasteiger partial charge < -0.3 is 16.4 Å². The highest BCUT2D eigenvalue weighted by Gasteiger charge is 2.42. The highest BCUT2D eigenvalue weighted by Crippen LogP contribution is 2.30. The molecule has 1 spiro atoms. The van der Waals surface area contributed by atoms with E-state index in [0.29, 0.717) is 5.41 Å². The fourth-order valence-corrected chi connectivity index (χ4v) is 1.71. The quantitative estimate of drug-likeness (QED) is 0.385. The van der Waals surface area contributed by atoms with E-state index in [1.807, 2.05) is 0 Å². The molecule has 1 atom stereocenters. The second kappa shape index (κ2) is 1.68. The van der Waals surface area contributed by atoms with Crippen LogP contribution in [0.4, 0.5) is 0 Å². The zero-order valence-corrected chi connectivity index (χ0v) is 5.48. The summed E-state index contributed by atoms with van der Waals surface area (Å²) in [6.07, 6.45) is 1.41. The van der Waals surface area contributed by atoms with E-state index >= 15 is 0 Å². The molecule has 4 N–H and O–H groups in total. The third-order valence-corrected chi connectivity index (χ3v) is 2.39. The predicted octanol–water partition coefficient (Wildman–Crippen LogP) is -1.15. The second-order valence-electron chi connectivity index (χ2n) is 3.30. The molecule has 1 unspecified atom stereocenters. The molecule has 2 fully saturated rings. The molecule has 2 heterocycles. The van der Waals surface area contributed by atoms with Gasteiger partial charge in [-0.05, 0) is 6.42 Å². The summed E-state index contributed by atoms with van der Waals surface area (Å²) in [5.41, 5.74) is 6.22. The number of nitrogens with one attached hydrogen (secondary N) is 2. The number of rotatable bonds is 0. The lowest BCUT2D eigenvalue weighted by Gasteiger charge is -2.38. The Morgan fingerprint density at radius 1 is 1.33 bits per heavy atom. The van der Waals surface area contributed by atoms with Gasteiger partial charge in [-0.1, -0.05) is 0 Å². The smallest absolute Gasteiger partial charge is 0.0553 e. The largest absolute Gasteiger partial charge is 0.316 e. The van der Waals surface area contributed by atoms with Crippen molar-refractivity contribution in [3.63, 3.8) is 0 Å². The van der Waals surface area contributed by atoms with Crippen LogP contribution in [0.3, 0.4) is 0 Å². The van der Waals surface area contributed by atoms with E-state index in [4.69, 9.17) is 5.73 Å². The van der Waals surface area contributed by atoms with Crippen molar-refractivity contribution in [2.45, 2.75) is 12.6 Å². The predicted molar refractivity (Wildman–Crippen MR) is 35.9 cm³/mol. The molecule has 0 aromatic carbocycles. The second-order valence-corrected chi connectivity index (χ2v) is 3.30. The van der Waals surface area contributed by atoms with Crippen molar-refractivity contribution in [2.75, 3.05) is 19.6 Å². The van der Waals surface area contributed by atoms with Gasteiger partial charge in [-0.15, -0.1) is 0 Å². The van der Waals surface area contributed by atoms with Gasteiger partial charge in [0.05, 0.1) is 6.17 Å². The highest BCUT2D eigenvalue weighted by molar-refractivity contribution is 5.00. The molecule has 0 saturated carbocycles. The molecule has 0 aromatic heterocycles. The fourth-order valence-electron chi connectivity index (χ4n) is 1.71.